The molecule has 1 radical (unpaired) electrons. The average Bonchev–Trinajstić information content (AvgIpc) is 3.88. The molecule has 5 aromatic rings. The molecule has 0 saturated heterocycles. The Bertz CT molecular complexity index is 1840. The van der Waals surface area contributed by atoms with Crippen molar-refractivity contribution in [1.29, 1.82) is 0 Å². The quantitative estimate of drug-likeness (QED) is 0.109. The van der Waals surface area contributed by atoms with Gasteiger partial charge in [-0.05, 0) is 72.5 Å². The summed E-state index contributed by atoms with van der Waals surface area (Å²) < 4.78 is 6.30. The Kier molecular flexibility index (Phi) is 11.2. The first kappa shape index (κ1) is 34.1. The Morgan fingerprint density at radius 3 is 2.11 bits per heavy atom. The zero-order valence-electron chi connectivity index (χ0n) is 27.1. The Morgan fingerprint density at radius 2 is 1.41 bits per heavy atom. The number of aryl methyl sites for hydroxylation is 1. The molecule has 8 rings (SSSR count). The fraction of sp³-hybridized carbons (Fsp3) is 0.390. The van der Waals surface area contributed by atoms with E-state index in [0.29, 0.717) is 11.7 Å². The topological polar surface area (TPSA) is 63.3 Å². The van der Waals surface area contributed by atoms with Gasteiger partial charge in [-0.25, -0.2) is 0 Å². The maximum atomic E-state index is 11.8. The van der Waals surface area contributed by atoms with Crippen LogP contribution in [0.25, 0.3) is 44.0 Å². The molecule has 2 aromatic heterocycles. The molecule has 3 saturated carbocycles. The summed E-state index contributed by atoms with van der Waals surface area (Å²) in [5.41, 5.74) is 6.22. The van der Waals surface area contributed by atoms with Crippen LogP contribution in [0.4, 0.5) is 0 Å². The number of hydrogen-bond acceptors (Lipinski definition) is 4. The molecule has 0 spiro atoms. The Labute approximate surface area is 287 Å². The fourth-order valence-corrected chi connectivity index (χ4v) is 7.86. The summed E-state index contributed by atoms with van der Waals surface area (Å²) >= 11 is 0. The number of aliphatic hydroxyl groups is 1. The minimum atomic E-state index is 0. The van der Waals surface area contributed by atoms with E-state index in [4.69, 9.17) is 9.40 Å². The van der Waals surface area contributed by atoms with Crippen LogP contribution in [0, 0.1) is 32.3 Å². The molecule has 0 aliphatic heterocycles. The van der Waals surface area contributed by atoms with Crippen LogP contribution in [-0.2, 0) is 24.9 Å². The third-order valence-corrected chi connectivity index (χ3v) is 10.2. The summed E-state index contributed by atoms with van der Waals surface area (Å²) in [6.45, 7) is 2.10. The third-order valence-electron chi connectivity index (χ3n) is 10.2. The van der Waals surface area contributed by atoms with Crippen LogP contribution >= 0.6 is 0 Å². The zero-order valence-corrected chi connectivity index (χ0v) is 29.5. The van der Waals surface area contributed by atoms with Crippen LogP contribution in [0.5, 0.6) is 0 Å². The van der Waals surface area contributed by atoms with E-state index in [9.17, 15) is 9.90 Å². The van der Waals surface area contributed by atoms with Crippen molar-refractivity contribution >= 4 is 38.5 Å². The number of pyridine rings is 1. The molecular formula is C41H45IrNO3-2. The van der Waals surface area contributed by atoms with Crippen LogP contribution in [0.2, 0.25) is 0 Å². The zero-order chi connectivity index (χ0) is 30.0. The van der Waals surface area contributed by atoms with Gasteiger partial charge in [0.2, 0.25) is 0 Å². The van der Waals surface area contributed by atoms with Gasteiger partial charge in [-0.1, -0.05) is 98.9 Å². The predicted octanol–water partition coefficient (Wildman–Crippen LogP) is 11.4. The first-order chi connectivity index (χ1) is 21.6. The number of fused-ring (bicyclic) bond motifs is 4. The molecular weight excluding hydrogens is 747 g/mol. The number of ketones is 1. The molecule has 3 aromatic carbocycles. The summed E-state index contributed by atoms with van der Waals surface area (Å²) in [6.07, 6.45) is 17.7. The van der Waals surface area contributed by atoms with E-state index in [1.807, 2.05) is 12.1 Å². The Hall–Kier alpha value is -3.27. The van der Waals surface area contributed by atoms with Gasteiger partial charge in [0.05, 0.1) is 11.3 Å². The van der Waals surface area contributed by atoms with E-state index in [1.54, 1.807) is 0 Å². The van der Waals surface area contributed by atoms with Crippen molar-refractivity contribution in [2.75, 3.05) is 0 Å². The van der Waals surface area contributed by atoms with Crippen molar-refractivity contribution in [2.45, 2.75) is 89.9 Å². The van der Waals surface area contributed by atoms with Crippen molar-refractivity contribution < 1.29 is 34.4 Å². The second kappa shape index (κ2) is 15.1. The smallest absolute Gasteiger partial charge is 0.162 e. The fourth-order valence-electron chi connectivity index (χ4n) is 7.86. The number of aromatic nitrogens is 1. The number of aliphatic hydroxyl groups excluding tert-OH is 1. The van der Waals surface area contributed by atoms with Gasteiger partial charge in [-0.3, -0.25) is 4.79 Å². The van der Waals surface area contributed by atoms with Gasteiger partial charge in [0, 0.05) is 49.6 Å². The van der Waals surface area contributed by atoms with Crippen molar-refractivity contribution in [2.24, 2.45) is 11.8 Å². The van der Waals surface area contributed by atoms with Gasteiger partial charge in [0.1, 0.15) is 5.58 Å². The van der Waals surface area contributed by atoms with Crippen molar-refractivity contribution in [3.8, 4) is 11.3 Å². The van der Waals surface area contributed by atoms with E-state index in [2.05, 4.69) is 61.7 Å². The van der Waals surface area contributed by atoms with Gasteiger partial charge in [0.25, 0.3) is 0 Å². The number of allylic oxidation sites excluding steroid dienone is 2. The molecule has 3 fully saturated rings. The summed E-state index contributed by atoms with van der Waals surface area (Å²) in [7, 11) is 0. The molecule has 1 N–H and O–H groups in total. The molecule has 5 heteroatoms. The number of carbonyl (C=O) groups is 1. The minimum Gasteiger partial charge on any atom is -0.512 e. The average molecular weight is 792 g/mol. The van der Waals surface area contributed by atoms with Crippen molar-refractivity contribution in [1.82, 2.24) is 4.98 Å². The second-order valence-electron chi connectivity index (χ2n) is 13.2. The molecule has 2 heterocycles. The molecule has 4 nitrogen and oxygen atoms in total. The van der Waals surface area contributed by atoms with Crippen LogP contribution in [0.15, 0.2) is 77.0 Å². The number of carbonyl (C=O) groups excluding carboxylic acids is 1. The maximum absolute atomic E-state index is 11.8. The molecule has 3 aliphatic rings. The number of benzene rings is 3. The normalized spacial score (nSPS) is 17.6. The molecule has 0 amide bonds. The Balaban J connectivity index is 0.000000210. The maximum Gasteiger partial charge on any atom is 0.162 e. The van der Waals surface area contributed by atoms with Crippen LogP contribution in [0.1, 0.15) is 94.1 Å². The van der Waals surface area contributed by atoms with Gasteiger partial charge in [0.15, 0.2) is 5.78 Å². The number of nitrogens with zero attached hydrogens (tertiary/aromatic N) is 1. The molecule has 243 valence electrons. The summed E-state index contributed by atoms with van der Waals surface area (Å²) in [5.74, 6) is 1.62. The first-order valence-electron chi connectivity index (χ1n) is 16.7. The SMILES string of the molecule is Cc1[c-]c(-c2ncc(C3CCCC3)c3ccccc23)c2oc3ccccc3c2c1.O=C(/C=C(\O)C1CCCC1)C1CCCC1.[CH3-].[Ir]. The molecule has 3 aliphatic carbocycles. The number of rotatable bonds is 5. The largest absolute Gasteiger partial charge is 0.512 e. The standard InChI is InChI=1S/C27H22NO.C13H20O2.CH3.Ir/c1-17-14-22-20-11-6-7-13-25(20)29-27(22)23(15-17)26-21-12-5-4-10-19(21)24(16-28-26)18-8-2-3-9-18;14-12(10-5-1-2-6-10)9-13(15)11-7-3-4-8-11;;/h4-7,10-14,16,18H,2-3,8-9H2,1H3;9-11,14H,1-8H2;1H3;/q-1;;-1;/b;12-9-;;. The second-order valence-corrected chi connectivity index (χ2v) is 13.2. The van der Waals surface area contributed by atoms with E-state index >= 15 is 0 Å². The monoisotopic (exact) mass is 792 g/mol. The van der Waals surface area contributed by atoms with E-state index in [-0.39, 0.29) is 45.2 Å². The van der Waals surface area contributed by atoms with Crippen LogP contribution in [0.3, 0.4) is 0 Å². The van der Waals surface area contributed by atoms with Crippen LogP contribution < -0.4 is 0 Å². The molecule has 0 atom stereocenters. The summed E-state index contributed by atoms with van der Waals surface area (Å²) in [5, 5.41) is 14.6. The predicted molar refractivity (Wildman–Crippen MR) is 185 cm³/mol. The summed E-state index contributed by atoms with van der Waals surface area (Å²) in [6, 6.07) is 22.6. The number of para-hydroxylation sites is 1. The number of hydrogen-bond donors (Lipinski definition) is 1. The van der Waals surface area contributed by atoms with Gasteiger partial charge in [-0.15, -0.1) is 17.7 Å². The molecule has 0 unspecified atom stereocenters. The Morgan fingerprint density at radius 1 is 0.826 bits per heavy atom. The van der Waals surface area contributed by atoms with Crippen molar-refractivity contribution in [3.05, 3.63) is 97.2 Å². The molecule has 46 heavy (non-hydrogen) atoms. The van der Waals surface area contributed by atoms with E-state index < -0.39 is 0 Å². The van der Waals surface area contributed by atoms with Crippen LogP contribution in [-0.4, -0.2) is 15.9 Å². The summed E-state index contributed by atoms with van der Waals surface area (Å²) in [4.78, 5) is 16.8. The third kappa shape index (κ3) is 6.87. The minimum absolute atomic E-state index is 0. The number of furan rings is 1. The van der Waals surface area contributed by atoms with Crippen molar-refractivity contribution in [3.63, 3.8) is 0 Å². The molecule has 0 bridgehead atoms. The van der Waals surface area contributed by atoms with Gasteiger partial charge < -0.3 is 21.9 Å². The van der Waals surface area contributed by atoms with Gasteiger partial charge in [-0.2, -0.15) is 0 Å². The van der Waals surface area contributed by atoms with E-state index in [0.717, 1.165) is 64.4 Å². The first-order valence-corrected chi connectivity index (χ1v) is 16.7. The van der Waals surface area contributed by atoms with Gasteiger partial charge >= 0.3 is 0 Å². The van der Waals surface area contributed by atoms with E-state index in [1.165, 1.54) is 73.8 Å².